The van der Waals surface area contributed by atoms with Gasteiger partial charge in [-0.2, -0.15) is 8.78 Å². The molecular weight excluding hydrogens is 628 g/mol. The van der Waals surface area contributed by atoms with Gasteiger partial charge >= 0.3 is 6.11 Å². The molecule has 5 rings (SSSR count). The molecule has 0 spiro atoms. The molecule has 0 fully saturated rings. The van der Waals surface area contributed by atoms with Crippen molar-refractivity contribution in [2.45, 2.75) is 38.7 Å². The summed E-state index contributed by atoms with van der Waals surface area (Å²) in [5.41, 5.74) is -1.06. The zero-order valence-corrected chi connectivity index (χ0v) is 25.0. The summed E-state index contributed by atoms with van der Waals surface area (Å²) in [7, 11) is 0. The summed E-state index contributed by atoms with van der Waals surface area (Å²) in [6.07, 6.45) is -0.282. The van der Waals surface area contributed by atoms with E-state index in [4.69, 9.17) is 4.74 Å². The molecule has 0 N–H and O–H groups in total. The largest absolute Gasteiger partial charge is 0.494 e. The van der Waals surface area contributed by atoms with E-state index in [1.165, 1.54) is 18.2 Å². The van der Waals surface area contributed by atoms with E-state index in [2.05, 4.69) is 11.7 Å². The topological polar surface area (TPSA) is 18.5 Å². The van der Waals surface area contributed by atoms with Crippen molar-refractivity contribution in [3.8, 4) is 44.9 Å². The van der Waals surface area contributed by atoms with Crippen molar-refractivity contribution in [3.63, 3.8) is 0 Å². The van der Waals surface area contributed by atoms with Gasteiger partial charge in [0.2, 0.25) is 0 Å². The monoisotopic (exact) mass is 656 g/mol. The molecule has 0 amide bonds. The van der Waals surface area contributed by atoms with E-state index in [1.807, 2.05) is 0 Å². The highest BCUT2D eigenvalue weighted by molar-refractivity contribution is 5.74. The maximum atomic E-state index is 15.2. The Morgan fingerprint density at radius 3 is 1.66 bits per heavy atom. The van der Waals surface area contributed by atoms with Crippen LogP contribution in [0.2, 0.25) is 0 Å². The molecule has 2 nitrogen and oxygen atoms in total. The second-order valence-electron chi connectivity index (χ2n) is 10.8. The zero-order valence-electron chi connectivity index (χ0n) is 25.0. The number of unbranched alkanes of at least 4 members (excludes halogenated alkanes) is 3. The summed E-state index contributed by atoms with van der Waals surface area (Å²) < 4.78 is 126. The molecule has 0 radical (unpaired) electrons. The molecule has 5 aromatic carbocycles. The van der Waals surface area contributed by atoms with Crippen LogP contribution in [0.4, 0.5) is 35.1 Å². The van der Waals surface area contributed by atoms with Crippen molar-refractivity contribution in [2.75, 3.05) is 6.61 Å². The van der Waals surface area contributed by atoms with E-state index in [1.54, 1.807) is 30.3 Å². The Hall–Kier alpha value is -4.86. The molecule has 0 saturated heterocycles. The maximum absolute atomic E-state index is 15.2. The number of alkyl halides is 2. The number of benzene rings is 5. The van der Waals surface area contributed by atoms with Gasteiger partial charge in [-0.25, -0.2) is 26.3 Å². The minimum absolute atomic E-state index is 0.0629. The van der Waals surface area contributed by atoms with Crippen LogP contribution >= 0.6 is 0 Å². The lowest BCUT2D eigenvalue weighted by molar-refractivity contribution is -0.189. The van der Waals surface area contributed by atoms with Gasteiger partial charge in [-0.3, -0.25) is 0 Å². The van der Waals surface area contributed by atoms with E-state index in [9.17, 15) is 26.3 Å². The van der Waals surface area contributed by atoms with Crippen molar-refractivity contribution in [3.05, 3.63) is 131 Å². The third-order valence-corrected chi connectivity index (χ3v) is 7.48. The number of rotatable bonds is 12. The van der Waals surface area contributed by atoms with Gasteiger partial charge in [0.25, 0.3) is 0 Å². The molecule has 10 heteroatoms. The molecule has 0 aliphatic heterocycles. The van der Waals surface area contributed by atoms with E-state index >= 15 is 8.78 Å². The third-order valence-electron chi connectivity index (χ3n) is 7.48. The molecule has 0 saturated carbocycles. The van der Waals surface area contributed by atoms with Gasteiger partial charge in [0.15, 0.2) is 11.6 Å². The molecule has 0 aliphatic rings. The highest BCUT2D eigenvalue weighted by Gasteiger charge is 2.41. The van der Waals surface area contributed by atoms with Crippen LogP contribution in [-0.4, -0.2) is 6.61 Å². The molecule has 5 aromatic rings. The average molecular weight is 657 g/mol. The number of halogens is 8. The maximum Gasteiger partial charge on any atom is 0.432 e. The van der Waals surface area contributed by atoms with Crippen LogP contribution in [0.1, 0.15) is 38.2 Å². The fraction of sp³-hybridized carbons (Fsp3) is 0.189. The summed E-state index contributed by atoms with van der Waals surface area (Å²) in [5.74, 6) is -8.20. The molecule has 0 unspecified atom stereocenters. The lowest BCUT2D eigenvalue weighted by atomic mass is 9.96. The summed E-state index contributed by atoms with van der Waals surface area (Å²) in [4.78, 5) is 0. The van der Waals surface area contributed by atoms with Crippen molar-refractivity contribution >= 4 is 0 Å². The number of hydrogen-bond acceptors (Lipinski definition) is 2. The lowest BCUT2D eigenvalue weighted by Gasteiger charge is -2.20. The SMILES string of the molecule is CCCCCCOc1ccc(-c2ccc(-c3ccc(-c4cc(F)c(C(F)(F)Oc5ccc(F)c(F)c5)c(F)c4)c(F)c3)c(F)c2)cc1. The highest BCUT2D eigenvalue weighted by atomic mass is 19.3. The van der Waals surface area contributed by atoms with Crippen LogP contribution in [0, 0.1) is 34.9 Å². The van der Waals surface area contributed by atoms with Crippen LogP contribution in [0.15, 0.2) is 91.0 Å². The Morgan fingerprint density at radius 1 is 0.489 bits per heavy atom. The summed E-state index contributed by atoms with van der Waals surface area (Å²) >= 11 is 0. The Kier molecular flexibility index (Phi) is 10.2. The van der Waals surface area contributed by atoms with E-state index in [-0.39, 0.29) is 16.7 Å². The summed E-state index contributed by atoms with van der Waals surface area (Å²) in [5, 5.41) is 0. The molecule has 244 valence electrons. The first kappa shape index (κ1) is 33.5. The van der Waals surface area contributed by atoms with Crippen molar-refractivity contribution < 1.29 is 44.6 Å². The minimum Gasteiger partial charge on any atom is -0.494 e. The second kappa shape index (κ2) is 14.3. The van der Waals surface area contributed by atoms with E-state index < -0.39 is 57.9 Å². The fourth-order valence-electron chi connectivity index (χ4n) is 5.05. The first-order chi connectivity index (χ1) is 22.5. The summed E-state index contributed by atoms with van der Waals surface area (Å²) in [6, 6.07) is 17.5. The van der Waals surface area contributed by atoms with Crippen LogP contribution < -0.4 is 9.47 Å². The molecule has 0 heterocycles. The zero-order chi connectivity index (χ0) is 33.7. The van der Waals surface area contributed by atoms with Gasteiger partial charge in [0, 0.05) is 17.2 Å². The number of ether oxygens (including phenoxy) is 2. The van der Waals surface area contributed by atoms with Crippen LogP contribution in [0.3, 0.4) is 0 Å². The lowest BCUT2D eigenvalue weighted by Crippen LogP contribution is -2.25. The van der Waals surface area contributed by atoms with Crippen LogP contribution in [0.25, 0.3) is 33.4 Å². The quantitative estimate of drug-likeness (QED) is 0.0983. The Balaban J connectivity index is 1.32. The molecule has 0 aromatic heterocycles. The molecule has 0 aliphatic carbocycles. The standard InChI is InChI=1S/C37H28F8O2/c1-2-3-4-5-16-46-26-10-6-22(7-11-26)23-8-13-28(31(39)17-23)24-9-14-29(32(40)18-24)25-19-34(42)36(35(43)20-25)37(44,45)47-27-12-15-30(38)33(41)21-27/h6-15,17-21H,2-5,16H2,1H3. The first-order valence-corrected chi connectivity index (χ1v) is 14.8. The van der Waals surface area contributed by atoms with Gasteiger partial charge in [-0.1, -0.05) is 62.6 Å². The predicted molar refractivity (Wildman–Crippen MR) is 163 cm³/mol. The van der Waals surface area contributed by atoms with Crippen molar-refractivity contribution in [2.24, 2.45) is 0 Å². The van der Waals surface area contributed by atoms with Gasteiger partial charge in [-0.05, 0) is 77.2 Å². The van der Waals surface area contributed by atoms with Crippen LogP contribution in [-0.2, 0) is 6.11 Å². The van der Waals surface area contributed by atoms with Crippen molar-refractivity contribution in [1.29, 1.82) is 0 Å². The van der Waals surface area contributed by atoms with E-state index in [0.29, 0.717) is 48.3 Å². The number of hydrogen-bond donors (Lipinski definition) is 0. The molecule has 0 bridgehead atoms. The van der Waals surface area contributed by atoms with E-state index in [0.717, 1.165) is 43.4 Å². The Morgan fingerprint density at radius 2 is 1.04 bits per heavy atom. The smallest absolute Gasteiger partial charge is 0.432 e. The normalized spacial score (nSPS) is 11.5. The molecular formula is C37H28F8O2. The van der Waals surface area contributed by atoms with Crippen molar-refractivity contribution in [1.82, 2.24) is 0 Å². The summed E-state index contributed by atoms with van der Waals surface area (Å²) in [6.45, 7) is 2.75. The molecule has 0 atom stereocenters. The first-order valence-electron chi connectivity index (χ1n) is 14.8. The second-order valence-corrected chi connectivity index (χ2v) is 10.8. The van der Waals surface area contributed by atoms with Gasteiger partial charge in [-0.15, -0.1) is 0 Å². The van der Waals surface area contributed by atoms with Crippen LogP contribution in [0.5, 0.6) is 11.5 Å². The van der Waals surface area contributed by atoms with Gasteiger partial charge < -0.3 is 9.47 Å². The van der Waals surface area contributed by atoms with Gasteiger partial charge in [0.05, 0.1) is 6.61 Å². The minimum atomic E-state index is -4.63. The van der Waals surface area contributed by atoms with Gasteiger partial charge in [0.1, 0.15) is 40.3 Å². The predicted octanol–water partition coefficient (Wildman–Crippen LogP) is 11.6. The Bertz CT molecular complexity index is 1850. The molecule has 47 heavy (non-hydrogen) atoms. The third kappa shape index (κ3) is 7.76. The fourth-order valence-corrected chi connectivity index (χ4v) is 5.05. The Labute approximate surface area is 266 Å². The highest BCUT2D eigenvalue weighted by Crippen LogP contribution is 2.38. The average Bonchev–Trinajstić information content (AvgIpc) is 3.02.